The summed E-state index contributed by atoms with van der Waals surface area (Å²) >= 11 is 0. The van der Waals surface area contributed by atoms with Crippen LogP contribution in [-0.4, -0.2) is 45.9 Å². The molecule has 1 amide bonds. The molecule has 0 N–H and O–H groups in total. The number of methoxy groups -OCH3 is 1. The van der Waals surface area contributed by atoms with Gasteiger partial charge in [0.25, 0.3) is 0 Å². The summed E-state index contributed by atoms with van der Waals surface area (Å²) < 4.78 is 11.2. The van der Waals surface area contributed by atoms with E-state index in [0.29, 0.717) is 12.3 Å². The van der Waals surface area contributed by atoms with Gasteiger partial charge in [-0.3, -0.25) is 4.79 Å². The van der Waals surface area contributed by atoms with Crippen molar-refractivity contribution < 1.29 is 18.7 Å². The number of furan rings is 1. The van der Waals surface area contributed by atoms with Crippen molar-refractivity contribution in [1.82, 2.24) is 19.9 Å². The Labute approximate surface area is 121 Å². The second-order valence-electron chi connectivity index (χ2n) is 4.56. The summed E-state index contributed by atoms with van der Waals surface area (Å²) in [7, 11) is 2.92. The topological polar surface area (TPSA) is 90.5 Å². The normalized spacial score (nSPS) is 10.4. The first-order valence-corrected chi connectivity index (χ1v) is 6.27. The fourth-order valence-electron chi connectivity index (χ4n) is 1.73. The summed E-state index contributed by atoms with van der Waals surface area (Å²) in [6.07, 6.45) is 1.37. The van der Waals surface area contributed by atoms with E-state index in [0.717, 1.165) is 5.76 Å². The lowest BCUT2D eigenvalue weighted by atomic mass is 10.4. The Morgan fingerprint density at radius 2 is 2.19 bits per heavy atom. The number of hydrogen-bond acceptors (Lipinski definition) is 6. The van der Waals surface area contributed by atoms with Crippen molar-refractivity contribution in [2.24, 2.45) is 0 Å². The van der Waals surface area contributed by atoms with E-state index in [1.165, 1.54) is 22.9 Å². The van der Waals surface area contributed by atoms with Crippen LogP contribution in [0.25, 0.3) is 0 Å². The molecule has 0 aliphatic heterocycles. The Morgan fingerprint density at radius 3 is 2.81 bits per heavy atom. The highest BCUT2D eigenvalue weighted by Gasteiger charge is 2.15. The third kappa shape index (κ3) is 3.68. The van der Waals surface area contributed by atoms with E-state index in [2.05, 4.69) is 15.0 Å². The Balaban J connectivity index is 1.94. The number of esters is 1. The second-order valence-corrected chi connectivity index (χ2v) is 4.56. The van der Waals surface area contributed by atoms with Crippen molar-refractivity contribution in [3.05, 3.63) is 35.5 Å². The van der Waals surface area contributed by atoms with Gasteiger partial charge in [0.1, 0.15) is 18.1 Å². The SMILES string of the molecule is COC(=O)c1cn(CC(=O)N(C)Cc2ccc(C)o2)nn1. The number of aryl methyl sites for hydroxylation is 1. The lowest BCUT2D eigenvalue weighted by Crippen LogP contribution is -2.29. The Kier molecular flexibility index (Phi) is 4.36. The first kappa shape index (κ1) is 14.8. The van der Waals surface area contributed by atoms with Crippen molar-refractivity contribution in [3.63, 3.8) is 0 Å². The van der Waals surface area contributed by atoms with Crippen LogP contribution in [-0.2, 0) is 22.6 Å². The largest absolute Gasteiger partial charge is 0.464 e. The molecule has 0 saturated heterocycles. The highest BCUT2D eigenvalue weighted by atomic mass is 16.5. The van der Waals surface area contributed by atoms with E-state index in [1.54, 1.807) is 7.05 Å². The Morgan fingerprint density at radius 1 is 1.43 bits per heavy atom. The van der Waals surface area contributed by atoms with Crippen LogP contribution in [0.4, 0.5) is 0 Å². The number of carbonyl (C=O) groups excluding carboxylic acids is 2. The minimum absolute atomic E-state index is 0.0137. The summed E-state index contributed by atoms with van der Waals surface area (Å²) in [4.78, 5) is 24.8. The summed E-state index contributed by atoms with van der Waals surface area (Å²) in [6.45, 7) is 2.19. The molecule has 8 nitrogen and oxygen atoms in total. The molecule has 0 atom stereocenters. The quantitative estimate of drug-likeness (QED) is 0.750. The molecular formula is C13H16N4O4. The maximum absolute atomic E-state index is 12.1. The molecule has 0 unspecified atom stereocenters. The molecule has 0 saturated carbocycles. The summed E-state index contributed by atoms with van der Waals surface area (Å²) in [5, 5.41) is 7.35. The van der Waals surface area contributed by atoms with Crippen LogP contribution in [0.15, 0.2) is 22.7 Å². The van der Waals surface area contributed by atoms with E-state index in [1.807, 2.05) is 19.1 Å². The number of likely N-dealkylation sites (N-methyl/N-ethyl adjacent to an activating group) is 1. The number of ether oxygens (including phenoxy) is 1. The fraction of sp³-hybridized carbons (Fsp3) is 0.385. The van der Waals surface area contributed by atoms with Gasteiger partial charge in [-0.2, -0.15) is 0 Å². The molecule has 8 heteroatoms. The fourth-order valence-corrected chi connectivity index (χ4v) is 1.73. The number of amides is 1. The zero-order chi connectivity index (χ0) is 15.4. The first-order valence-electron chi connectivity index (χ1n) is 6.27. The minimum atomic E-state index is -0.590. The van der Waals surface area contributed by atoms with Gasteiger partial charge in [0.15, 0.2) is 5.69 Å². The molecule has 0 aliphatic carbocycles. The van der Waals surface area contributed by atoms with Crippen LogP contribution < -0.4 is 0 Å². The molecule has 0 bridgehead atoms. The molecule has 2 heterocycles. The first-order chi connectivity index (χ1) is 9.99. The van der Waals surface area contributed by atoms with Gasteiger partial charge in [0, 0.05) is 7.05 Å². The van der Waals surface area contributed by atoms with Crippen LogP contribution >= 0.6 is 0 Å². The number of rotatable bonds is 5. The van der Waals surface area contributed by atoms with Gasteiger partial charge in [-0.15, -0.1) is 5.10 Å². The predicted octanol–water partition coefficient (Wildman–Crippen LogP) is 0.625. The number of hydrogen-bond donors (Lipinski definition) is 0. The van der Waals surface area contributed by atoms with Crippen molar-refractivity contribution in [2.45, 2.75) is 20.0 Å². The molecule has 21 heavy (non-hydrogen) atoms. The molecule has 0 aromatic carbocycles. The third-order valence-electron chi connectivity index (χ3n) is 2.85. The lowest BCUT2D eigenvalue weighted by molar-refractivity contribution is -0.131. The van der Waals surface area contributed by atoms with Gasteiger partial charge in [0.2, 0.25) is 5.91 Å². The van der Waals surface area contributed by atoms with Gasteiger partial charge in [-0.25, -0.2) is 9.48 Å². The molecule has 2 rings (SSSR count). The monoisotopic (exact) mass is 292 g/mol. The van der Waals surface area contributed by atoms with Crippen molar-refractivity contribution in [2.75, 3.05) is 14.2 Å². The van der Waals surface area contributed by atoms with Crippen LogP contribution in [0.2, 0.25) is 0 Å². The molecule has 0 fully saturated rings. The van der Waals surface area contributed by atoms with Crippen LogP contribution in [0, 0.1) is 6.92 Å². The second kappa shape index (κ2) is 6.21. The van der Waals surface area contributed by atoms with Gasteiger partial charge in [0.05, 0.1) is 19.9 Å². The Hall–Kier alpha value is -2.64. The number of aromatic nitrogens is 3. The lowest BCUT2D eigenvalue weighted by Gasteiger charge is -2.15. The summed E-state index contributed by atoms with van der Waals surface area (Å²) in [5.41, 5.74) is 0.0645. The molecule has 2 aromatic heterocycles. The van der Waals surface area contributed by atoms with Crippen molar-refractivity contribution in [1.29, 1.82) is 0 Å². The van der Waals surface area contributed by atoms with Crippen molar-refractivity contribution >= 4 is 11.9 Å². The van der Waals surface area contributed by atoms with Crippen LogP contribution in [0.5, 0.6) is 0 Å². The smallest absolute Gasteiger partial charge is 0.360 e. The third-order valence-corrected chi connectivity index (χ3v) is 2.85. The van der Waals surface area contributed by atoms with Gasteiger partial charge in [-0.1, -0.05) is 5.21 Å². The number of carbonyl (C=O) groups is 2. The molecular weight excluding hydrogens is 276 g/mol. The summed E-state index contributed by atoms with van der Waals surface area (Å²) in [5.74, 6) is 0.737. The number of nitrogens with zero attached hydrogens (tertiary/aromatic N) is 4. The van der Waals surface area contributed by atoms with E-state index >= 15 is 0 Å². The van der Waals surface area contributed by atoms with E-state index in [4.69, 9.17) is 4.42 Å². The zero-order valence-electron chi connectivity index (χ0n) is 12.1. The highest BCUT2D eigenvalue weighted by molar-refractivity contribution is 5.86. The molecule has 0 aliphatic rings. The Bertz CT molecular complexity index is 646. The molecule has 0 radical (unpaired) electrons. The summed E-state index contributed by atoms with van der Waals surface area (Å²) in [6, 6.07) is 3.66. The van der Waals surface area contributed by atoms with Crippen LogP contribution in [0.3, 0.4) is 0 Å². The highest BCUT2D eigenvalue weighted by Crippen LogP contribution is 2.09. The van der Waals surface area contributed by atoms with Gasteiger partial charge >= 0.3 is 5.97 Å². The van der Waals surface area contributed by atoms with Crippen LogP contribution in [0.1, 0.15) is 22.0 Å². The van der Waals surface area contributed by atoms with Gasteiger partial charge in [-0.05, 0) is 19.1 Å². The van der Waals surface area contributed by atoms with E-state index in [9.17, 15) is 9.59 Å². The molecule has 112 valence electrons. The van der Waals surface area contributed by atoms with Crippen molar-refractivity contribution in [3.8, 4) is 0 Å². The predicted molar refractivity (Wildman–Crippen MR) is 71.3 cm³/mol. The van der Waals surface area contributed by atoms with E-state index < -0.39 is 5.97 Å². The maximum Gasteiger partial charge on any atom is 0.360 e. The van der Waals surface area contributed by atoms with Gasteiger partial charge < -0.3 is 14.1 Å². The molecule has 2 aromatic rings. The molecule has 0 spiro atoms. The minimum Gasteiger partial charge on any atom is -0.464 e. The zero-order valence-corrected chi connectivity index (χ0v) is 12.1. The standard InChI is InChI=1S/C13H16N4O4/c1-9-4-5-10(21-9)6-16(2)12(18)8-17-7-11(14-15-17)13(19)20-3/h4-5,7H,6,8H2,1-3H3. The average Bonchev–Trinajstić information content (AvgIpc) is 3.07. The maximum atomic E-state index is 12.1. The average molecular weight is 292 g/mol. The van der Waals surface area contributed by atoms with E-state index in [-0.39, 0.29) is 18.1 Å².